The molecule has 1 aromatic rings. The summed E-state index contributed by atoms with van der Waals surface area (Å²) in [6.07, 6.45) is 4.63. The molecule has 0 fully saturated rings. The zero-order valence-corrected chi connectivity index (χ0v) is 14.0. The molecule has 0 aromatic heterocycles. The number of nitrogens with two attached hydrogens (primary N) is 1. The van der Waals surface area contributed by atoms with Crippen LogP contribution in [0.25, 0.3) is 0 Å². The molecule has 1 atom stereocenters. The molecule has 21 heavy (non-hydrogen) atoms. The zero-order chi connectivity index (χ0) is 15.5. The van der Waals surface area contributed by atoms with Crippen molar-refractivity contribution < 1.29 is 4.74 Å². The van der Waals surface area contributed by atoms with Crippen molar-refractivity contribution in [3.8, 4) is 5.75 Å². The van der Waals surface area contributed by atoms with Gasteiger partial charge >= 0.3 is 0 Å². The van der Waals surface area contributed by atoms with Crippen molar-refractivity contribution in [2.75, 3.05) is 26.2 Å². The highest BCUT2D eigenvalue weighted by molar-refractivity contribution is 5.27. The van der Waals surface area contributed by atoms with Crippen LogP contribution in [0.5, 0.6) is 5.75 Å². The second-order valence-corrected chi connectivity index (χ2v) is 5.68. The molecule has 0 radical (unpaired) electrons. The Kier molecular flexibility index (Phi) is 9.11. The second-order valence-electron chi connectivity index (χ2n) is 5.68. The molecule has 1 unspecified atom stereocenters. The summed E-state index contributed by atoms with van der Waals surface area (Å²) in [5, 5.41) is 0. The minimum absolute atomic E-state index is 0.632. The van der Waals surface area contributed by atoms with Gasteiger partial charge in [-0.25, -0.2) is 0 Å². The molecule has 0 aliphatic carbocycles. The van der Waals surface area contributed by atoms with Gasteiger partial charge in [-0.2, -0.15) is 0 Å². The highest BCUT2D eigenvalue weighted by Crippen LogP contribution is 2.13. The normalized spacial score (nSPS) is 12.6. The maximum Gasteiger partial charge on any atom is 0.119 e. The van der Waals surface area contributed by atoms with Crippen molar-refractivity contribution in [3.05, 3.63) is 29.8 Å². The van der Waals surface area contributed by atoms with Crippen molar-refractivity contribution in [3.63, 3.8) is 0 Å². The molecule has 0 heterocycles. The molecule has 1 rings (SSSR count). The van der Waals surface area contributed by atoms with Crippen LogP contribution in [0, 0.1) is 0 Å². The first-order chi connectivity index (χ1) is 10.2. The van der Waals surface area contributed by atoms with Crippen LogP contribution in [-0.4, -0.2) is 37.2 Å². The quantitative estimate of drug-likeness (QED) is 0.679. The lowest BCUT2D eigenvalue weighted by Crippen LogP contribution is -2.36. The molecule has 2 N–H and O–H groups in total. The number of nitrogens with zero attached hydrogens (tertiary/aromatic N) is 1. The van der Waals surface area contributed by atoms with Gasteiger partial charge in [-0.05, 0) is 57.0 Å². The van der Waals surface area contributed by atoms with Crippen LogP contribution in [0.1, 0.15) is 45.6 Å². The van der Waals surface area contributed by atoms with Gasteiger partial charge in [0.1, 0.15) is 12.4 Å². The van der Waals surface area contributed by atoms with Crippen LogP contribution in [0.15, 0.2) is 24.3 Å². The smallest absolute Gasteiger partial charge is 0.119 e. The van der Waals surface area contributed by atoms with Gasteiger partial charge in [-0.3, -0.25) is 4.90 Å². The summed E-state index contributed by atoms with van der Waals surface area (Å²) >= 11 is 0. The topological polar surface area (TPSA) is 38.5 Å². The van der Waals surface area contributed by atoms with Crippen LogP contribution in [0.3, 0.4) is 0 Å². The van der Waals surface area contributed by atoms with Crippen LogP contribution < -0.4 is 10.5 Å². The lowest BCUT2D eigenvalue weighted by molar-refractivity contribution is 0.162. The number of hydrogen-bond acceptors (Lipinski definition) is 3. The van der Waals surface area contributed by atoms with E-state index in [1.165, 1.54) is 31.4 Å². The van der Waals surface area contributed by atoms with Gasteiger partial charge in [0.25, 0.3) is 0 Å². The largest absolute Gasteiger partial charge is 0.492 e. The van der Waals surface area contributed by atoms with E-state index in [-0.39, 0.29) is 0 Å². The monoisotopic (exact) mass is 292 g/mol. The van der Waals surface area contributed by atoms with Crippen molar-refractivity contribution >= 4 is 0 Å². The van der Waals surface area contributed by atoms with Gasteiger partial charge < -0.3 is 10.5 Å². The molecule has 0 amide bonds. The fourth-order valence-electron chi connectivity index (χ4n) is 2.37. The summed E-state index contributed by atoms with van der Waals surface area (Å²) in [7, 11) is 0. The van der Waals surface area contributed by atoms with Gasteiger partial charge in [0, 0.05) is 12.6 Å². The second kappa shape index (κ2) is 10.6. The molecule has 120 valence electrons. The van der Waals surface area contributed by atoms with E-state index in [0.717, 1.165) is 25.3 Å². The Balaban J connectivity index is 2.38. The number of unbranched alkanes of at least 4 members (excludes halogenated alkanes) is 1. The minimum Gasteiger partial charge on any atom is -0.492 e. The van der Waals surface area contributed by atoms with Gasteiger partial charge in [0.05, 0.1) is 0 Å². The molecule has 0 saturated carbocycles. The van der Waals surface area contributed by atoms with Crippen LogP contribution in [-0.2, 0) is 6.42 Å². The average Bonchev–Trinajstić information content (AvgIpc) is 2.51. The van der Waals surface area contributed by atoms with E-state index in [4.69, 9.17) is 10.5 Å². The van der Waals surface area contributed by atoms with E-state index < -0.39 is 0 Å². The number of benzene rings is 1. The Bertz CT molecular complexity index is 364. The van der Waals surface area contributed by atoms with E-state index >= 15 is 0 Å². The third-order valence-electron chi connectivity index (χ3n) is 4.02. The number of ether oxygens (including phenoxy) is 1. The Morgan fingerprint density at radius 1 is 1.14 bits per heavy atom. The fourth-order valence-corrected chi connectivity index (χ4v) is 2.37. The number of rotatable bonds is 11. The molecule has 0 aliphatic rings. The molecule has 0 aliphatic heterocycles. The molecule has 3 nitrogen and oxygen atoms in total. The van der Waals surface area contributed by atoms with Gasteiger partial charge in [-0.1, -0.05) is 32.4 Å². The minimum atomic E-state index is 0.632. The predicted molar refractivity (Wildman–Crippen MR) is 90.9 cm³/mol. The standard InChI is InChI=1S/C18H32N2O/c1-4-6-13-20(16(3)5-2)14-15-21-18-9-7-17(8-10-18)11-12-19/h7-10,16H,4-6,11-15,19H2,1-3H3. The fraction of sp³-hybridized carbons (Fsp3) is 0.667. The van der Waals surface area contributed by atoms with Gasteiger partial charge in [0.15, 0.2) is 0 Å². The predicted octanol–water partition coefficient (Wildman–Crippen LogP) is 3.47. The molecule has 0 spiro atoms. The molecule has 0 saturated heterocycles. The first-order valence-electron chi connectivity index (χ1n) is 8.37. The van der Waals surface area contributed by atoms with E-state index in [9.17, 15) is 0 Å². The summed E-state index contributed by atoms with van der Waals surface area (Å²) in [6.45, 7) is 10.4. The molecular formula is C18H32N2O. The van der Waals surface area contributed by atoms with Crippen molar-refractivity contribution in [2.45, 2.75) is 52.5 Å². The summed E-state index contributed by atoms with van der Waals surface area (Å²) in [5.41, 5.74) is 6.83. The summed E-state index contributed by atoms with van der Waals surface area (Å²) in [6, 6.07) is 8.93. The first-order valence-corrected chi connectivity index (χ1v) is 8.37. The van der Waals surface area contributed by atoms with Gasteiger partial charge in [0.2, 0.25) is 0 Å². The van der Waals surface area contributed by atoms with E-state index in [2.05, 4.69) is 37.8 Å². The SMILES string of the molecule is CCCCN(CCOc1ccc(CCN)cc1)C(C)CC. The molecule has 1 aromatic carbocycles. The lowest BCUT2D eigenvalue weighted by atomic mass is 10.1. The van der Waals surface area contributed by atoms with Gasteiger partial charge in [-0.15, -0.1) is 0 Å². The molecular weight excluding hydrogens is 260 g/mol. The van der Waals surface area contributed by atoms with E-state index in [1.54, 1.807) is 0 Å². The van der Waals surface area contributed by atoms with Crippen molar-refractivity contribution in [2.24, 2.45) is 5.73 Å². The highest BCUT2D eigenvalue weighted by Gasteiger charge is 2.11. The molecule has 0 bridgehead atoms. The lowest BCUT2D eigenvalue weighted by Gasteiger charge is -2.28. The first kappa shape index (κ1) is 18.0. The summed E-state index contributed by atoms with van der Waals surface area (Å²) in [5.74, 6) is 0.954. The van der Waals surface area contributed by atoms with Crippen LogP contribution in [0.2, 0.25) is 0 Å². The Hall–Kier alpha value is -1.06. The zero-order valence-electron chi connectivity index (χ0n) is 14.0. The number of hydrogen-bond donors (Lipinski definition) is 1. The maximum absolute atomic E-state index is 5.87. The Morgan fingerprint density at radius 2 is 1.86 bits per heavy atom. The van der Waals surface area contributed by atoms with E-state index in [0.29, 0.717) is 12.6 Å². The van der Waals surface area contributed by atoms with Crippen LogP contribution in [0.4, 0.5) is 0 Å². The van der Waals surface area contributed by atoms with Crippen LogP contribution >= 0.6 is 0 Å². The summed E-state index contributed by atoms with van der Waals surface area (Å²) in [4.78, 5) is 2.53. The third-order valence-corrected chi connectivity index (χ3v) is 4.02. The summed E-state index contributed by atoms with van der Waals surface area (Å²) < 4.78 is 5.87. The third kappa shape index (κ3) is 6.96. The van der Waals surface area contributed by atoms with Crippen molar-refractivity contribution in [1.82, 2.24) is 4.90 Å². The van der Waals surface area contributed by atoms with E-state index in [1.807, 2.05) is 12.1 Å². The Labute approximate surface area is 130 Å². The Morgan fingerprint density at radius 3 is 2.43 bits per heavy atom. The highest BCUT2D eigenvalue weighted by atomic mass is 16.5. The average molecular weight is 292 g/mol. The van der Waals surface area contributed by atoms with Crippen molar-refractivity contribution in [1.29, 1.82) is 0 Å². The molecule has 3 heteroatoms. The maximum atomic E-state index is 5.87.